The highest BCUT2D eigenvalue weighted by molar-refractivity contribution is 5.79. The van der Waals surface area contributed by atoms with E-state index in [2.05, 4.69) is 19.2 Å². The third-order valence-corrected chi connectivity index (χ3v) is 2.77. The van der Waals surface area contributed by atoms with Crippen LogP contribution in [0.4, 0.5) is 0 Å². The van der Waals surface area contributed by atoms with E-state index in [-0.39, 0.29) is 11.9 Å². The lowest BCUT2D eigenvalue weighted by Crippen LogP contribution is -2.41. The zero-order valence-corrected chi connectivity index (χ0v) is 10.6. The smallest absolute Gasteiger partial charge is 0.234 e. The highest BCUT2D eigenvalue weighted by atomic mass is 16.1. The molecule has 0 saturated heterocycles. The standard InChI is InChI=1S/C14H22N2O/c1-11(2)8-9-13(14(15)17)16-10-12-6-4-3-5-7-12/h3-7,11,13,16H,8-10H2,1-2H3,(H2,15,17). The zero-order valence-electron chi connectivity index (χ0n) is 10.6. The molecule has 0 fully saturated rings. The normalized spacial score (nSPS) is 12.6. The molecule has 1 aromatic rings. The Kier molecular flexibility index (Phi) is 5.70. The first-order valence-corrected chi connectivity index (χ1v) is 6.16. The summed E-state index contributed by atoms with van der Waals surface area (Å²) in [7, 11) is 0. The van der Waals surface area contributed by atoms with Gasteiger partial charge in [0.05, 0.1) is 6.04 Å². The Bertz CT molecular complexity index is 335. The average molecular weight is 234 g/mol. The molecular formula is C14H22N2O. The molecule has 94 valence electrons. The lowest BCUT2D eigenvalue weighted by Gasteiger charge is -2.16. The molecule has 0 heterocycles. The summed E-state index contributed by atoms with van der Waals surface area (Å²) >= 11 is 0. The summed E-state index contributed by atoms with van der Waals surface area (Å²) in [5, 5.41) is 3.22. The van der Waals surface area contributed by atoms with Crippen LogP contribution in [-0.2, 0) is 11.3 Å². The van der Waals surface area contributed by atoms with E-state index in [0.29, 0.717) is 12.5 Å². The Morgan fingerprint density at radius 3 is 2.41 bits per heavy atom. The van der Waals surface area contributed by atoms with Crippen LogP contribution >= 0.6 is 0 Å². The Hall–Kier alpha value is -1.35. The van der Waals surface area contributed by atoms with Gasteiger partial charge >= 0.3 is 0 Å². The summed E-state index contributed by atoms with van der Waals surface area (Å²) < 4.78 is 0. The van der Waals surface area contributed by atoms with Crippen LogP contribution in [-0.4, -0.2) is 11.9 Å². The monoisotopic (exact) mass is 234 g/mol. The summed E-state index contributed by atoms with van der Waals surface area (Å²) in [5.74, 6) is 0.331. The Morgan fingerprint density at radius 2 is 1.88 bits per heavy atom. The molecule has 0 saturated carbocycles. The predicted octanol–water partition coefficient (Wildman–Crippen LogP) is 2.07. The summed E-state index contributed by atoms with van der Waals surface area (Å²) in [6.07, 6.45) is 1.81. The number of rotatable bonds is 7. The fraction of sp³-hybridized carbons (Fsp3) is 0.500. The predicted molar refractivity (Wildman–Crippen MR) is 70.3 cm³/mol. The minimum atomic E-state index is -0.262. The number of amides is 1. The second-order valence-corrected chi connectivity index (χ2v) is 4.79. The van der Waals surface area contributed by atoms with Crippen molar-refractivity contribution in [1.82, 2.24) is 5.32 Å². The van der Waals surface area contributed by atoms with Crippen molar-refractivity contribution in [2.75, 3.05) is 0 Å². The van der Waals surface area contributed by atoms with Crippen LogP contribution in [0.1, 0.15) is 32.3 Å². The molecule has 1 rings (SSSR count). The lowest BCUT2D eigenvalue weighted by molar-refractivity contribution is -0.120. The SMILES string of the molecule is CC(C)CCC(NCc1ccccc1)C(N)=O. The number of benzene rings is 1. The van der Waals surface area contributed by atoms with E-state index in [1.165, 1.54) is 5.56 Å². The number of nitrogens with one attached hydrogen (secondary N) is 1. The number of primary amides is 1. The minimum absolute atomic E-state index is 0.224. The molecule has 1 unspecified atom stereocenters. The topological polar surface area (TPSA) is 55.1 Å². The molecule has 1 aromatic carbocycles. The Morgan fingerprint density at radius 1 is 1.24 bits per heavy atom. The van der Waals surface area contributed by atoms with Crippen LogP contribution in [0.15, 0.2) is 30.3 Å². The van der Waals surface area contributed by atoms with Crippen molar-refractivity contribution in [2.45, 2.75) is 39.3 Å². The maximum atomic E-state index is 11.3. The maximum absolute atomic E-state index is 11.3. The Labute approximate surface area is 103 Å². The van der Waals surface area contributed by atoms with Gasteiger partial charge in [-0.05, 0) is 24.3 Å². The van der Waals surface area contributed by atoms with Gasteiger partial charge in [-0.25, -0.2) is 0 Å². The van der Waals surface area contributed by atoms with E-state index in [1.807, 2.05) is 30.3 Å². The third-order valence-electron chi connectivity index (χ3n) is 2.77. The van der Waals surface area contributed by atoms with Crippen LogP contribution in [0.3, 0.4) is 0 Å². The van der Waals surface area contributed by atoms with E-state index in [0.717, 1.165) is 12.8 Å². The van der Waals surface area contributed by atoms with E-state index < -0.39 is 0 Å². The van der Waals surface area contributed by atoms with Crippen molar-refractivity contribution in [3.05, 3.63) is 35.9 Å². The molecule has 0 spiro atoms. The van der Waals surface area contributed by atoms with Gasteiger partial charge < -0.3 is 11.1 Å². The van der Waals surface area contributed by atoms with Crippen LogP contribution < -0.4 is 11.1 Å². The largest absolute Gasteiger partial charge is 0.368 e. The van der Waals surface area contributed by atoms with E-state index in [1.54, 1.807) is 0 Å². The molecule has 0 bridgehead atoms. The quantitative estimate of drug-likeness (QED) is 0.758. The molecule has 3 heteroatoms. The first-order valence-electron chi connectivity index (χ1n) is 6.16. The number of hydrogen-bond donors (Lipinski definition) is 2. The van der Waals surface area contributed by atoms with Crippen LogP contribution in [0.25, 0.3) is 0 Å². The van der Waals surface area contributed by atoms with Gasteiger partial charge in [-0.1, -0.05) is 44.2 Å². The number of hydrogen-bond acceptors (Lipinski definition) is 2. The molecule has 17 heavy (non-hydrogen) atoms. The number of carbonyl (C=O) groups is 1. The van der Waals surface area contributed by atoms with E-state index in [4.69, 9.17) is 5.73 Å². The summed E-state index contributed by atoms with van der Waals surface area (Å²) in [6.45, 7) is 4.98. The Balaban J connectivity index is 2.42. The summed E-state index contributed by atoms with van der Waals surface area (Å²) in [4.78, 5) is 11.3. The maximum Gasteiger partial charge on any atom is 0.234 e. The van der Waals surface area contributed by atoms with Crippen molar-refractivity contribution in [2.24, 2.45) is 11.7 Å². The number of carbonyl (C=O) groups excluding carboxylic acids is 1. The summed E-state index contributed by atoms with van der Waals surface area (Å²) in [5.41, 5.74) is 6.56. The highest BCUT2D eigenvalue weighted by Crippen LogP contribution is 2.07. The fourth-order valence-electron chi connectivity index (χ4n) is 1.68. The molecule has 0 radical (unpaired) electrons. The number of nitrogens with two attached hydrogens (primary N) is 1. The average Bonchev–Trinajstić information content (AvgIpc) is 2.29. The van der Waals surface area contributed by atoms with Crippen molar-refractivity contribution < 1.29 is 4.79 Å². The van der Waals surface area contributed by atoms with Crippen LogP contribution in [0.5, 0.6) is 0 Å². The second-order valence-electron chi connectivity index (χ2n) is 4.79. The molecule has 3 nitrogen and oxygen atoms in total. The van der Waals surface area contributed by atoms with E-state index >= 15 is 0 Å². The molecule has 1 atom stereocenters. The van der Waals surface area contributed by atoms with Gasteiger partial charge in [0.1, 0.15) is 0 Å². The first kappa shape index (κ1) is 13.7. The van der Waals surface area contributed by atoms with Crippen molar-refractivity contribution in [3.63, 3.8) is 0 Å². The summed E-state index contributed by atoms with van der Waals surface area (Å²) in [6, 6.07) is 9.81. The van der Waals surface area contributed by atoms with Gasteiger partial charge in [0.15, 0.2) is 0 Å². The molecule has 3 N–H and O–H groups in total. The van der Waals surface area contributed by atoms with Gasteiger partial charge in [0, 0.05) is 6.54 Å². The minimum Gasteiger partial charge on any atom is -0.368 e. The molecule has 0 aliphatic carbocycles. The van der Waals surface area contributed by atoms with Gasteiger partial charge in [-0.15, -0.1) is 0 Å². The first-order chi connectivity index (χ1) is 8.09. The van der Waals surface area contributed by atoms with Crippen molar-refractivity contribution >= 4 is 5.91 Å². The highest BCUT2D eigenvalue weighted by Gasteiger charge is 2.14. The molecule has 1 amide bonds. The molecule has 0 aromatic heterocycles. The lowest BCUT2D eigenvalue weighted by atomic mass is 10.0. The molecular weight excluding hydrogens is 212 g/mol. The van der Waals surface area contributed by atoms with Crippen molar-refractivity contribution in [1.29, 1.82) is 0 Å². The zero-order chi connectivity index (χ0) is 12.7. The van der Waals surface area contributed by atoms with Gasteiger partial charge in [-0.2, -0.15) is 0 Å². The van der Waals surface area contributed by atoms with Crippen molar-refractivity contribution in [3.8, 4) is 0 Å². The van der Waals surface area contributed by atoms with E-state index in [9.17, 15) is 4.79 Å². The van der Waals surface area contributed by atoms with Gasteiger partial charge in [0.25, 0.3) is 0 Å². The van der Waals surface area contributed by atoms with Gasteiger partial charge in [-0.3, -0.25) is 4.79 Å². The fourth-order valence-corrected chi connectivity index (χ4v) is 1.68. The second kappa shape index (κ2) is 7.07. The molecule has 0 aliphatic rings. The third kappa shape index (κ3) is 5.50. The van der Waals surface area contributed by atoms with Gasteiger partial charge in [0.2, 0.25) is 5.91 Å². The van der Waals surface area contributed by atoms with Crippen LogP contribution in [0, 0.1) is 5.92 Å². The van der Waals surface area contributed by atoms with Crippen LogP contribution in [0.2, 0.25) is 0 Å². The molecule has 0 aliphatic heterocycles.